The highest BCUT2D eigenvalue weighted by molar-refractivity contribution is 7.99. The second-order valence-electron chi connectivity index (χ2n) is 22.3. The van der Waals surface area contributed by atoms with E-state index < -0.39 is 36.0 Å². The van der Waals surface area contributed by atoms with E-state index in [2.05, 4.69) is 34.1 Å². The third-order valence-corrected chi connectivity index (χ3v) is 18.2. The second-order valence-corrected chi connectivity index (χ2v) is 25.4. The van der Waals surface area contributed by atoms with Crippen molar-refractivity contribution in [3.05, 3.63) is 209 Å². The third kappa shape index (κ3) is 19.3. The van der Waals surface area contributed by atoms with Crippen molar-refractivity contribution in [3.63, 3.8) is 0 Å². The van der Waals surface area contributed by atoms with Gasteiger partial charge in [0.05, 0.1) is 21.3 Å². The van der Waals surface area contributed by atoms with Gasteiger partial charge in [-0.2, -0.15) is 35.3 Å². The predicted octanol–water partition coefficient (Wildman–Crippen LogP) is 11.2. The number of carbonyl (C=O) groups is 3. The Morgan fingerprint density at radius 2 is 0.598 bits per heavy atom. The minimum Gasteiger partial charge on any atom is -0.508 e. The molecule has 0 unspecified atom stereocenters. The van der Waals surface area contributed by atoms with Gasteiger partial charge in [-0.25, -0.2) is 0 Å². The van der Waals surface area contributed by atoms with Gasteiger partial charge in [0, 0.05) is 90.1 Å². The fourth-order valence-electron chi connectivity index (χ4n) is 10.5. The Morgan fingerprint density at radius 3 is 0.851 bits per heavy atom. The largest absolute Gasteiger partial charge is 0.508 e. The van der Waals surface area contributed by atoms with Crippen LogP contribution < -0.4 is 16.0 Å². The quantitative estimate of drug-likeness (QED) is 0.0150. The van der Waals surface area contributed by atoms with Gasteiger partial charge in [0.2, 0.25) is 0 Å². The molecule has 462 valence electrons. The number of carbonyl (C=O) groups excluding carboxylic acids is 3. The molecule has 0 heterocycles. The Morgan fingerprint density at radius 1 is 0.356 bits per heavy atom. The van der Waals surface area contributed by atoms with Gasteiger partial charge in [0.1, 0.15) is 52.6 Å². The molecule has 0 amide bonds. The van der Waals surface area contributed by atoms with E-state index in [9.17, 15) is 45.0 Å². The van der Waals surface area contributed by atoms with Gasteiger partial charge in [-0.05, 0) is 110 Å². The molecule has 18 heteroatoms. The van der Waals surface area contributed by atoms with Crippen LogP contribution in [-0.2, 0) is 84.7 Å². The molecule has 0 bridgehead atoms. The number of ether oxygens (including phenoxy) is 3. The monoisotopic (exact) mass is 1240 g/mol. The van der Waals surface area contributed by atoms with Crippen molar-refractivity contribution in [1.82, 2.24) is 16.0 Å². The Labute approximate surface area is 523 Å². The normalized spacial score (nSPS) is 12.4. The number of aromatic hydroxyl groups is 6. The number of rotatable bonds is 30. The molecular formula is C69H81N3O12S3. The minimum absolute atomic E-state index is 0.0836. The maximum Gasteiger partial charge on any atom is 0.323 e. The van der Waals surface area contributed by atoms with E-state index in [1.54, 1.807) is 53.5 Å². The molecule has 0 saturated carbocycles. The van der Waals surface area contributed by atoms with Crippen molar-refractivity contribution in [2.24, 2.45) is 0 Å². The zero-order valence-electron chi connectivity index (χ0n) is 51.0. The average molecular weight is 1240 g/mol. The van der Waals surface area contributed by atoms with Gasteiger partial charge >= 0.3 is 17.9 Å². The van der Waals surface area contributed by atoms with Gasteiger partial charge in [-0.3, -0.25) is 30.3 Å². The Hall–Kier alpha value is -7.32. The van der Waals surface area contributed by atoms with Crippen molar-refractivity contribution in [1.29, 1.82) is 0 Å². The summed E-state index contributed by atoms with van der Waals surface area (Å²) in [6, 6.07) is 31.5. The molecule has 9 N–H and O–H groups in total. The summed E-state index contributed by atoms with van der Waals surface area (Å²) in [5.74, 6) is 1.89. The van der Waals surface area contributed by atoms with Crippen LogP contribution in [0.5, 0.6) is 34.5 Å². The van der Waals surface area contributed by atoms with Crippen LogP contribution in [0.2, 0.25) is 0 Å². The van der Waals surface area contributed by atoms with E-state index in [0.29, 0.717) is 104 Å². The molecule has 0 radical (unpaired) electrons. The molecular weight excluding hydrogens is 1160 g/mol. The predicted molar refractivity (Wildman–Crippen MR) is 348 cm³/mol. The summed E-state index contributed by atoms with van der Waals surface area (Å²) >= 11 is 4.62. The number of benzene rings is 7. The summed E-state index contributed by atoms with van der Waals surface area (Å²) in [5.41, 5.74) is 14.5. The summed E-state index contributed by atoms with van der Waals surface area (Å²) in [6.07, 6.45) is 0.962. The highest BCUT2D eigenvalue weighted by Crippen LogP contribution is 2.34. The first-order valence-electron chi connectivity index (χ1n) is 28.7. The summed E-state index contributed by atoms with van der Waals surface area (Å²) in [5, 5.41) is 76.1. The van der Waals surface area contributed by atoms with E-state index >= 15 is 0 Å². The molecule has 0 spiro atoms. The number of aryl methyl sites for hydroxylation is 6. The molecule has 15 nitrogen and oxygen atoms in total. The Bertz CT molecular complexity index is 3180. The molecule has 3 atom stereocenters. The van der Waals surface area contributed by atoms with Gasteiger partial charge < -0.3 is 44.8 Å². The van der Waals surface area contributed by atoms with Crippen LogP contribution in [0.15, 0.2) is 109 Å². The molecule has 0 aromatic heterocycles. The molecule has 0 saturated heterocycles. The first-order valence-corrected chi connectivity index (χ1v) is 32.2. The van der Waals surface area contributed by atoms with Crippen LogP contribution in [0, 0.1) is 41.5 Å². The van der Waals surface area contributed by atoms with E-state index in [-0.39, 0.29) is 54.1 Å². The number of phenolic OH excluding ortho intramolecular Hbond substituents is 6. The van der Waals surface area contributed by atoms with Crippen LogP contribution in [-0.4, -0.2) is 105 Å². The van der Waals surface area contributed by atoms with Crippen molar-refractivity contribution in [2.45, 2.75) is 116 Å². The van der Waals surface area contributed by atoms with E-state index in [4.69, 9.17) is 14.2 Å². The van der Waals surface area contributed by atoms with Crippen molar-refractivity contribution in [2.75, 3.05) is 38.6 Å². The van der Waals surface area contributed by atoms with Gasteiger partial charge in [0.25, 0.3) is 0 Å². The molecule has 0 aliphatic carbocycles. The summed E-state index contributed by atoms with van der Waals surface area (Å²) in [6.45, 7) is 12.2. The number of esters is 3. The van der Waals surface area contributed by atoms with Gasteiger partial charge in [-0.1, -0.05) is 124 Å². The second kappa shape index (κ2) is 32.1. The molecule has 7 aromatic carbocycles. The average Bonchev–Trinajstić information content (AvgIpc) is 2.58. The fraction of sp³-hybridized carbons (Fsp3) is 0.348. The Kier molecular flexibility index (Phi) is 24.8. The third-order valence-electron chi connectivity index (χ3n) is 14.9. The lowest BCUT2D eigenvalue weighted by Crippen LogP contribution is -2.39. The van der Waals surface area contributed by atoms with Crippen molar-refractivity contribution in [3.8, 4) is 34.5 Å². The maximum absolute atomic E-state index is 13.3. The van der Waals surface area contributed by atoms with Crippen LogP contribution in [0.3, 0.4) is 0 Å². The lowest BCUT2D eigenvalue weighted by Gasteiger charge is -2.19. The highest BCUT2D eigenvalue weighted by Gasteiger charge is 2.25. The summed E-state index contributed by atoms with van der Waals surface area (Å²) in [7, 11) is 4.03. The zero-order valence-corrected chi connectivity index (χ0v) is 53.4. The van der Waals surface area contributed by atoms with Crippen LogP contribution in [0.4, 0.5) is 0 Å². The van der Waals surface area contributed by atoms with Crippen LogP contribution in [0.1, 0.15) is 100 Å². The summed E-state index contributed by atoms with van der Waals surface area (Å²) < 4.78 is 15.7. The standard InChI is InChI=1S/C69H81N3O12S3/c1-40-10-13-61(73)49(16-40)28-52-19-43(4)22-55(64(52)76)31-70-58(67(79)82-7)37-85-34-46-25-47(35-86-38-59(68(80)83-8)71-32-56-23-44(5)20-53(65(56)77)29-50-17-41(2)11-14-62(50)74)27-48(26-46)36-87-39-60(69(81)84-9)72-33-57-24-45(6)21-54(66(57)78)30-51-18-42(3)12-15-63(51)75/h10-27,58-60,70-78H,28-39H2,1-9H3/t58-,59-,60-/m0/s1. The number of phenols is 6. The first-order chi connectivity index (χ1) is 41.6. The van der Waals surface area contributed by atoms with Crippen LogP contribution in [0.25, 0.3) is 0 Å². The van der Waals surface area contributed by atoms with Crippen molar-refractivity contribution >= 4 is 53.2 Å². The maximum atomic E-state index is 13.3. The zero-order chi connectivity index (χ0) is 62.9. The lowest BCUT2D eigenvalue weighted by molar-refractivity contribution is -0.143. The fourth-order valence-corrected chi connectivity index (χ4v) is 13.6. The summed E-state index contributed by atoms with van der Waals surface area (Å²) in [4.78, 5) is 39.9. The molecule has 0 aliphatic heterocycles. The number of methoxy groups -OCH3 is 3. The topological polar surface area (TPSA) is 236 Å². The minimum atomic E-state index is -0.729. The number of nitrogens with one attached hydrogen (secondary N) is 3. The molecule has 0 aliphatic rings. The molecule has 87 heavy (non-hydrogen) atoms. The van der Waals surface area contributed by atoms with Gasteiger partial charge in [-0.15, -0.1) is 0 Å². The molecule has 7 rings (SSSR count). The molecule has 7 aromatic rings. The number of thioether (sulfide) groups is 3. The van der Waals surface area contributed by atoms with Crippen LogP contribution >= 0.6 is 35.3 Å². The lowest BCUT2D eigenvalue weighted by atomic mass is 9.97. The van der Waals surface area contributed by atoms with E-state index in [1.165, 1.54) is 21.3 Å². The Balaban J connectivity index is 1.06. The number of hydrogen-bond acceptors (Lipinski definition) is 18. The van der Waals surface area contributed by atoms with Crippen molar-refractivity contribution < 1.29 is 59.2 Å². The highest BCUT2D eigenvalue weighted by atomic mass is 32.2. The first kappa shape index (κ1) is 67.2. The van der Waals surface area contributed by atoms with E-state index in [1.807, 2.05) is 114 Å². The SMILES string of the molecule is COC(=O)[C@H](CSCc1cc(CSC[C@H](NCc2cc(C)cc(Cc3cc(C)ccc3O)c2O)C(=O)OC)cc(CSC[C@H](NCc2cc(C)cc(Cc3cc(C)ccc3O)c2O)C(=O)OC)c1)NCc1cc(C)cc(Cc2cc(C)ccc2O)c1O. The molecule has 0 fully saturated rings. The smallest absolute Gasteiger partial charge is 0.323 e. The van der Waals surface area contributed by atoms with Gasteiger partial charge in [0.15, 0.2) is 0 Å². The van der Waals surface area contributed by atoms with E-state index in [0.717, 1.165) is 50.1 Å². The number of hydrogen-bond donors (Lipinski definition) is 9.